The number of thiophene rings is 1. The SMILES string of the molecule is Cc1cc(C(=O)OCc2ccc(Cl)s2)c(C)n1C1CC1. The maximum Gasteiger partial charge on any atom is 0.340 e. The summed E-state index contributed by atoms with van der Waals surface area (Å²) in [4.78, 5) is 13.1. The molecule has 5 heteroatoms. The summed E-state index contributed by atoms with van der Waals surface area (Å²) >= 11 is 7.29. The molecule has 3 rings (SSSR count). The highest BCUT2D eigenvalue weighted by Gasteiger charge is 2.28. The van der Waals surface area contributed by atoms with Gasteiger partial charge in [0.2, 0.25) is 0 Å². The van der Waals surface area contributed by atoms with Crippen molar-refractivity contribution in [3.63, 3.8) is 0 Å². The molecule has 0 aromatic carbocycles. The molecule has 0 aliphatic heterocycles. The summed E-state index contributed by atoms with van der Waals surface area (Å²) in [5.41, 5.74) is 2.83. The van der Waals surface area contributed by atoms with Crippen LogP contribution in [0.25, 0.3) is 0 Å². The fraction of sp³-hybridized carbons (Fsp3) is 0.400. The summed E-state index contributed by atoms with van der Waals surface area (Å²) in [6.45, 7) is 4.31. The molecule has 2 aromatic rings. The van der Waals surface area contributed by atoms with Gasteiger partial charge in [-0.15, -0.1) is 11.3 Å². The number of nitrogens with zero attached hydrogens (tertiary/aromatic N) is 1. The standard InChI is InChI=1S/C15H16ClNO2S/c1-9-7-13(10(2)17(9)11-3-4-11)15(18)19-8-12-5-6-14(16)20-12/h5-7,11H,3-4,8H2,1-2H3. The van der Waals surface area contributed by atoms with Crippen LogP contribution in [-0.4, -0.2) is 10.5 Å². The molecule has 1 aliphatic carbocycles. The number of ether oxygens (including phenoxy) is 1. The third-order valence-electron chi connectivity index (χ3n) is 3.59. The van der Waals surface area contributed by atoms with Crippen molar-refractivity contribution in [1.29, 1.82) is 0 Å². The number of halogens is 1. The van der Waals surface area contributed by atoms with Crippen molar-refractivity contribution in [2.24, 2.45) is 0 Å². The number of aryl methyl sites for hydroxylation is 1. The molecule has 1 saturated carbocycles. The molecule has 0 atom stereocenters. The third kappa shape index (κ3) is 2.63. The van der Waals surface area contributed by atoms with Crippen molar-refractivity contribution >= 4 is 28.9 Å². The van der Waals surface area contributed by atoms with Crippen LogP contribution in [0.4, 0.5) is 0 Å². The molecule has 0 radical (unpaired) electrons. The van der Waals surface area contributed by atoms with E-state index in [-0.39, 0.29) is 12.6 Å². The quantitative estimate of drug-likeness (QED) is 0.778. The number of carbonyl (C=O) groups excluding carboxylic acids is 1. The van der Waals surface area contributed by atoms with Crippen molar-refractivity contribution in [3.8, 4) is 0 Å². The van der Waals surface area contributed by atoms with E-state index in [0.29, 0.717) is 15.9 Å². The van der Waals surface area contributed by atoms with Gasteiger partial charge in [-0.2, -0.15) is 0 Å². The number of esters is 1. The number of aromatic nitrogens is 1. The van der Waals surface area contributed by atoms with Crippen molar-refractivity contribution in [2.75, 3.05) is 0 Å². The average Bonchev–Trinajstić information content (AvgIpc) is 3.08. The first kappa shape index (κ1) is 13.7. The number of carbonyl (C=O) groups is 1. The summed E-state index contributed by atoms with van der Waals surface area (Å²) in [7, 11) is 0. The molecule has 1 aliphatic rings. The smallest absolute Gasteiger partial charge is 0.340 e. The molecule has 0 bridgehead atoms. The van der Waals surface area contributed by atoms with Crippen LogP contribution in [0, 0.1) is 13.8 Å². The van der Waals surface area contributed by atoms with E-state index >= 15 is 0 Å². The van der Waals surface area contributed by atoms with Crippen LogP contribution in [0.3, 0.4) is 0 Å². The average molecular weight is 310 g/mol. The molecule has 0 amide bonds. The third-order valence-corrected chi connectivity index (χ3v) is 4.80. The van der Waals surface area contributed by atoms with Gasteiger partial charge in [0, 0.05) is 22.3 Å². The minimum Gasteiger partial charge on any atom is -0.456 e. The lowest BCUT2D eigenvalue weighted by atomic mass is 10.2. The van der Waals surface area contributed by atoms with Gasteiger partial charge in [0.15, 0.2) is 0 Å². The zero-order valence-corrected chi connectivity index (χ0v) is 13.1. The Bertz CT molecular complexity index is 655. The molecule has 20 heavy (non-hydrogen) atoms. The van der Waals surface area contributed by atoms with Crippen LogP contribution in [0.5, 0.6) is 0 Å². The van der Waals surface area contributed by atoms with Crippen LogP contribution in [-0.2, 0) is 11.3 Å². The van der Waals surface area contributed by atoms with E-state index < -0.39 is 0 Å². The highest BCUT2D eigenvalue weighted by molar-refractivity contribution is 7.16. The van der Waals surface area contributed by atoms with Gasteiger partial charge in [-0.05, 0) is 44.9 Å². The van der Waals surface area contributed by atoms with E-state index in [0.717, 1.165) is 16.3 Å². The maximum absolute atomic E-state index is 12.2. The lowest BCUT2D eigenvalue weighted by Crippen LogP contribution is -2.07. The number of rotatable bonds is 4. The molecule has 0 unspecified atom stereocenters. The fourth-order valence-electron chi connectivity index (χ4n) is 2.52. The minimum absolute atomic E-state index is 0.255. The molecule has 0 saturated heterocycles. The molecular formula is C15H16ClNO2S. The highest BCUT2D eigenvalue weighted by Crippen LogP contribution is 2.38. The van der Waals surface area contributed by atoms with Gasteiger partial charge in [-0.3, -0.25) is 0 Å². The van der Waals surface area contributed by atoms with Crippen LogP contribution < -0.4 is 0 Å². The molecule has 1 fully saturated rings. The Balaban J connectivity index is 1.72. The largest absolute Gasteiger partial charge is 0.456 e. The van der Waals surface area contributed by atoms with Crippen LogP contribution >= 0.6 is 22.9 Å². The number of hydrogen-bond acceptors (Lipinski definition) is 3. The van der Waals surface area contributed by atoms with Crippen molar-refractivity contribution in [3.05, 3.63) is 44.4 Å². The monoisotopic (exact) mass is 309 g/mol. The Morgan fingerprint density at radius 2 is 2.20 bits per heavy atom. The Morgan fingerprint density at radius 1 is 1.45 bits per heavy atom. The Kier molecular flexibility index (Phi) is 3.61. The van der Waals surface area contributed by atoms with Gasteiger partial charge in [0.05, 0.1) is 9.90 Å². The Hall–Kier alpha value is -1.26. The van der Waals surface area contributed by atoms with E-state index in [9.17, 15) is 4.79 Å². The second-order valence-electron chi connectivity index (χ2n) is 5.17. The van der Waals surface area contributed by atoms with E-state index in [2.05, 4.69) is 4.57 Å². The highest BCUT2D eigenvalue weighted by atomic mass is 35.5. The van der Waals surface area contributed by atoms with E-state index in [4.69, 9.17) is 16.3 Å². The van der Waals surface area contributed by atoms with Gasteiger partial charge in [0.25, 0.3) is 0 Å². The fourth-order valence-corrected chi connectivity index (χ4v) is 3.52. The van der Waals surface area contributed by atoms with Crippen molar-refractivity contribution in [2.45, 2.75) is 39.3 Å². The first-order valence-corrected chi connectivity index (χ1v) is 7.85. The van der Waals surface area contributed by atoms with Gasteiger partial charge >= 0.3 is 5.97 Å². The molecule has 0 N–H and O–H groups in total. The van der Waals surface area contributed by atoms with Gasteiger partial charge < -0.3 is 9.30 Å². The topological polar surface area (TPSA) is 31.2 Å². The lowest BCUT2D eigenvalue weighted by molar-refractivity contribution is 0.0476. The molecule has 2 heterocycles. The van der Waals surface area contributed by atoms with E-state index in [1.54, 1.807) is 0 Å². The minimum atomic E-state index is -0.255. The van der Waals surface area contributed by atoms with Crippen LogP contribution in [0.2, 0.25) is 4.34 Å². The molecule has 106 valence electrons. The molecular weight excluding hydrogens is 294 g/mol. The summed E-state index contributed by atoms with van der Waals surface area (Å²) in [5.74, 6) is -0.255. The van der Waals surface area contributed by atoms with Gasteiger partial charge in [-0.25, -0.2) is 4.79 Å². The summed E-state index contributed by atoms with van der Waals surface area (Å²) in [6, 6.07) is 6.20. The van der Waals surface area contributed by atoms with Gasteiger partial charge in [0.1, 0.15) is 6.61 Å². The maximum atomic E-state index is 12.2. The predicted octanol–water partition coefficient (Wildman–Crippen LogP) is 4.51. The number of hydrogen-bond donors (Lipinski definition) is 0. The normalized spacial score (nSPS) is 14.6. The zero-order chi connectivity index (χ0) is 14.3. The second kappa shape index (κ2) is 5.26. The van der Waals surface area contributed by atoms with Crippen LogP contribution in [0.1, 0.15) is 45.5 Å². The van der Waals surface area contributed by atoms with Gasteiger partial charge in [-0.1, -0.05) is 11.6 Å². The Labute approximate surface area is 127 Å². The van der Waals surface area contributed by atoms with E-state index in [1.165, 1.54) is 24.2 Å². The molecule has 2 aromatic heterocycles. The predicted molar refractivity (Wildman–Crippen MR) is 80.6 cm³/mol. The lowest BCUT2D eigenvalue weighted by Gasteiger charge is -2.07. The first-order chi connectivity index (χ1) is 9.56. The molecule has 3 nitrogen and oxygen atoms in total. The summed E-state index contributed by atoms with van der Waals surface area (Å²) in [6.07, 6.45) is 2.41. The zero-order valence-electron chi connectivity index (χ0n) is 11.5. The summed E-state index contributed by atoms with van der Waals surface area (Å²) < 4.78 is 8.34. The first-order valence-electron chi connectivity index (χ1n) is 6.66. The summed E-state index contributed by atoms with van der Waals surface area (Å²) in [5, 5.41) is 0. The van der Waals surface area contributed by atoms with Crippen molar-refractivity contribution in [1.82, 2.24) is 4.57 Å². The molecule has 0 spiro atoms. The second-order valence-corrected chi connectivity index (χ2v) is 6.97. The van der Waals surface area contributed by atoms with E-state index in [1.807, 2.05) is 32.0 Å². The Morgan fingerprint density at radius 3 is 2.80 bits per heavy atom. The van der Waals surface area contributed by atoms with Crippen LogP contribution in [0.15, 0.2) is 18.2 Å². The van der Waals surface area contributed by atoms with Crippen molar-refractivity contribution < 1.29 is 9.53 Å².